The van der Waals surface area contributed by atoms with Crippen molar-refractivity contribution in [2.45, 2.75) is 91.9 Å². The maximum Gasteiger partial charge on any atom is 0.419 e. The molecular weight excluding hydrogens is 723 g/mol. The van der Waals surface area contributed by atoms with Crippen molar-refractivity contribution in [3.63, 3.8) is 0 Å². The molecule has 0 saturated carbocycles. The summed E-state index contributed by atoms with van der Waals surface area (Å²) in [5.41, 5.74) is 3.57. The van der Waals surface area contributed by atoms with Gasteiger partial charge in [-0.15, -0.1) is 0 Å². The van der Waals surface area contributed by atoms with Crippen LogP contribution in [0.25, 0.3) is 0 Å². The lowest BCUT2D eigenvalue weighted by Gasteiger charge is -2.33. The van der Waals surface area contributed by atoms with Gasteiger partial charge in [0.1, 0.15) is 24.7 Å². The summed E-state index contributed by atoms with van der Waals surface area (Å²) in [6.45, 7) is 11.6. The first-order chi connectivity index (χ1) is 26.2. The number of ether oxygens (including phenoxy) is 4. The van der Waals surface area contributed by atoms with Gasteiger partial charge in [0.2, 0.25) is 0 Å². The molecule has 0 aliphatic carbocycles. The van der Waals surface area contributed by atoms with Gasteiger partial charge in [0.25, 0.3) is 0 Å². The Labute approximate surface area is 331 Å². The van der Waals surface area contributed by atoms with Crippen LogP contribution in [0.3, 0.4) is 0 Å². The third kappa shape index (κ3) is 13.6. The van der Waals surface area contributed by atoms with Crippen LogP contribution in [0.2, 0.25) is 10.0 Å². The molecule has 0 spiro atoms. The van der Waals surface area contributed by atoms with E-state index in [0.29, 0.717) is 60.9 Å². The molecule has 0 aromatic heterocycles. The largest absolute Gasteiger partial charge is 0.489 e. The fraction of sp³-hybridized carbons (Fsp3) is 0.409. The van der Waals surface area contributed by atoms with E-state index in [9.17, 15) is 9.59 Å². The van der Waals surface area contributed by atoms with Gasteiger partial charge in [-0.25, -0.2) is 9.59 Å². The van der Waals surface area contributed by atoms with E-state index in [1.54, 1.807) is 12.1 Å². The third-order valence-electron chi connectivity index (χ3n) is 8.82. The Bertz CT molecular complexity index is 1590. The van der Waals surface area contributed by atoms with E-state index in [1.165, 1.54) is 0 Å². The van der Waals surface area contributed by atoms with E-state index in [1.807, 2.05) is 84.9 Å². The minimum atomic E-state index is -1.06. The molecule has 4 aromatic carbocycles. The Morgan fingerprint density at radius 3 is 1.22 bits per heavy atom. The van der Waals surface area contributed by atoms with Crippen LogP contribution in [0.1, 0.15) is 75.6 Å². The van der Waals surface area contributed by atoms with Gasteiger partial charge >= 0.3 is 11.9 Å². The number of hydrogen-bond acceptors (Lipinski definition) is 8. The summed E-state index contributed by atoms with van der Waals surface area (Å²) in [6, 6.07) is 30.6. The molecule has 290 valence electrons. The van der Waals surface area contributed by atoms with Crippen molar-refractivity contribution >= 4 is 35.1 Å². The van der Waals surface area contributed by atoms with Crippen molar-refractivity contribution in [3.05, 3.63) is 129 Å². The predicted octanol–water partition coefficient (Wildman–Crippen LogP) is 9.92. The van der Waals surface area contributed by atoms with E-state index >= 15 is 0 Å². The highest BCUT2D eigenvalue weighted by Gasteiger charge is 2.32. The van der Waals surface area contributed by atoms with E-state index in [-0.39, 0.29) is 12.8 Å². The van der Waals surface area contributed by atoms with Crippen molar-refractivity contribution in [1.29, 1.82) is 0 Å². The number of carbonyl (C=O) groups is 2. The Balaban J connectivity index is 1.57. The zero-order valence-corrected chi connectivity index (χ0v) is 33.5. The van der Waals surface area contributed by atoms with Crippen molar-refractivity contribution in [2.24, 2.45) is 0 Å². The number of benzene rings is 4. The number of rotatable bonds is 22. The Morgan fingerprint density at radius 2 is 0.889 bits per heavy atom. The van der Waals surface area contributed by atoms with E-state index < -0.39 is 24.4 Å². The quantitative estimate of drug-likeness (QED) is 0.0444. The molecule has 0 heterocycles. The van der Waals surface area contributed by atoms with Crippen LogP contribution >= 0.6 is 23.2 Å². The molecule has 0 aliphatic rings. The average Bonchev–Trinajstić information content (AvgIpc) is 3.17. The minimum absolute atomic E-state index is 0.259. The fourth-order valence-electron chi connectivity index (χ4n) is 6.33. The first-order valence-corrected chi connectivity index (χ1v) is 19.8. The van der Waals surface area contributed by atoms with E-state index in [0.717, 1.165) is 47.9 Å². The first kappa shape index (κ1) is 42.7. The number of hydrogen-bond donors (Lipinski definition) is 0. The van der Waals surface area contributed by atoms with Crippen LogP contribution in [0.5, 0.6) is 11.5 Å². The molecule has 54 heavy (non-hydrogen) atoms. The molecule has 0 saturated heterocycles. The molecule has 4 rings (SSSR count). The van der Waals surface area contributed by atoms with Crippen LogP contribution in [-0.2, 0) is 45.1 Å². The number of carbonyl (C=O) groups excluding carboxylic acids is 2. The van der Waals surface area contributed by atoms with Gasteiger partial charge in [-0.1, -0.05) is 112 Å². The van der Waals surface area contributed by atoms with Crippen LogP contribution in [0.15, 0.2) is 97.1 Å². The smallest absolute Gasteiger partial charge is 0.419 e. The summed E-state index contributed by atoms with van der Waals surface area (Å²) in [5.74, 6) is -0.867. The topological polar surface area (TPSA) is 77.5 Å². The Morgan fingerprint density at radius 1 is 0.537 bits per heavy atom. The second-order valence-corrected chi connectivity index (χ2v) is 14.1. The van der Waals surface area contributed by atoms with E-state index in [4.69, 9.17) is 42.1 Å². The number of nitrogens with zero attached hydrogens (tertiary/aromatic N) is 2. The summed E-state index contributed by atoms with van der Waals surface area (Å²) < 4.78 is 24.6. The Kier molecular flexibility index (Phi) is 18.2. The highest BCUT2D eigenvalue weighted by molar-refractivity contribution is 6.31. The van der Waals surface area contributed by atoms with Gasteiger partial charge in [0, 0.05) is 60.2 Å². The van der Waals surface area contributed by atoms with Gasteiger partial charge in [-0.05, 0) is 73.2 Å². The summed E-state index contributed by atoms with van der Waals surface area (Å²) in [7, 11) is 0. The molecule has 0 aliphatic heterocycles. The molecule has 8 nitrogen and oxygen atoms in total. The molecule has 10 heteroatoms. The van der Waals surface area contributed by atoms with Gasteiger partial charge in [-0.2, -0.15) is 0 Å². The van der Waals surface area contributed by atoms with Crippen LogP contribution in [-0.4, -0.2) is 60.4 Å². The number of halogens is 2. The SMILES string of the molecule is CCCN(CCC)C(Cc1cc(Cl)ccc1OCc1ccccc1)OC(=O)C(=O)OC(Cc1cc(Cl)ccc1OCc1ccccc1)N(CCC)CCC. The minimum Gasteiger partial charge on any atom is -0.489 e. The van der Waals surface area contributed by atoms with Gasteiger partial charge < -0.3 is 18.9 Å². The molecular formula is C44H54Cl2N2O6. The summed E-state index contributed by atoms with van der Waals surface area (Å²) in [4.78, 5) is 31.7. The second kappa shape index (κ2) is 23.0. The zero-order chi connectivity index (χ0) is 38.7. The first-order valence-electron chi connectivity index (χ1n) is 19.0. The maximum atomic E-state index is 13.8. The third-order valence-corrected chi connectivity index (χ3v) is 9.29. The molecule has 0 bridgehead atoms. The van der Waals surface area contributed by atoms with Crippen LogP contribution in [0, 0.1) is 0 Å². The van der Waals surface area contributed by atoms with Gasteiger partial charge in [0.05, 0.1) is 0 Å². The lowest BCUT2D eigenvalue weighted by molar-refractivity contribution is -0.185. The van der Waals surface area contributed by atoms with Crippen molar-refractivity contribution in [1.82, 2.24) is 9.80 Å². The molecule has 0 radical (unpaired) electrons. The average molecular weight is 778 g/mol. The zero-order valence-electron chi connectivity index (χ0n) is 32.0. The second-order valence-electron chi connectivity index (χ2n) is 13.3. The molecule has 0 N–H and O–H groups in total. The predicted molar refractivity (Wildman–Crippen MR) is 216 cm³/mol. The Hall–Kier alpha value is -4.08. The molecule has 0 fully saturated rings. The standard InChI is InChI=1S/C44H54Cl2N2O6/c1-5-23-47(24-6-2)41(29-35-27-37(45)19-21-39(35)51-31-33-15-11-9-12-16-33)53-43(49)44(50)54-42(48(25-7-3)26-8-4)30-36-28-38(46)20-22-40(36)52-32-34-17-13-10-14-18-34/h9-22,27-28,41-42H,5-8,23-26,29-32H2,1-4H3. The lowest BCUT2D eigenvalue weighted by atomic mass is 10.1. The summed E-state index contributed by atoms with van der Waals surface area (Å²) in [6.07, 6.45) is 2.28. The van der Waals surface area contributed by atoms with E-state index in [2.05, 4.69) is 37.5 Å². The molecule has 2 atom stereocenters. The van der Waals surface area contributed by atoms with Gasteiger partial charge in [-0.3, -0.25) is 9.80 Å². The van der Waals surface area contributed by atoms with Gasteiger partial charge in [0.15, 0.2) is 12.5 Å². The van der Waals surface area contributed by atoms with Crippen LogP contribution < -0.4 is 9.47 Å². The summed E-state index contributed by atoms with van der Waals surface area (Å²) >= 11 is 13.0. The fourth-order valence-corrected chi connectivity index (χ4v) is 6.72. The molecule has 4 aromatic rings. The highest BCUT2D eigenvalue weighted by atomic mass is 35.5. The highest BCUT2D eigenvalue weighted by Crippen LogP contribution is 2.29. The van der Waals surface area contributed by atoms with Crippen molar-refractivity contribution < 1.29 is 28.5 Å². The summed E-state index contributed by atoms with van der Waals surface area (Å²) in [5, 5.41) is 1.06. The molecule has 2 unspecified atom stereocenters. The normalized spacial score (nSPS) is 12.4. The monoisotopic (exact) mass is 776 g/mol. The van der Waals surface area contributed by atoms with Crippen molar-refractivity contribution in [3.8, 4) is 11.5 Å². The van der Waals surface area contributed by atoms with Crippen molar-refractivity contribution in [2.75, 3.05) is 26.2 Å². The number of esters is 2. The lowest BCUT2D eigenvalue weighted by Crippen LogP contribution is -2.45. The van der Waals surface area contributed by atoms with Crippen LogP contribution in [0.4, 0.5) is 0 Å². The molecule has 0 amide bonds. The maximum absolute atomic E-state index is 13.8.